The number of aromatic nitrogens is 9. The molecule has 17 heteroatoms. The minimum absolute atomic E-state index is 0.0122. The van der Waals surface area contributed by atoms with Gasteiger partial charge in [0.05, 0.1) is 41.9 Å². The van der Waals surface area contributed by atoms with Crippen molar-refractivity contribution in [3.8, 4) is 17.3 Å². The van der Waals surface area contributed by atoms with E-state index in [4.69, 9.17) is 21.8 Å². The summed E-state index contributed by atoms with van der Waals surface area (Å²) in [4.78, 5) is 17.6. The number of imidazole rings is 3. The van der Waals surface area contributed by atoms with Gasteiger partial charge in [-0.1, -0.05) is 82.9 Å². The number of rotatable bonds is 6. The highest BCUT2D eigenvalue weighted by Crippen LogP contribution is 2.39. The molecule has 0 saturated carbocycles. The zero-order valence-electron chi connectivity index (χ0n) is 44.6. The summed E-state index contributed by atoms with van der Waals surface area (Å²) in [6.45, 7) is 16.2. The van der Waals surface area contributed by atoms with Gasteiger partial charge in [-0.2, -0.15) is 10.4 Å². The number of aryl methyl sites for hydroxylation is 6. The van der Waals surface area contributed by atoms with Crippen LogP contribution in [-0.4, -0.2) is 63.4 Å². The van der Waals surface area contributed by atoms with E-state index in [1.54, 1.807) is 51.9 Å². The fraction of sp³-hybridized carbons (Fsp3) is 0.295. The molecule has 3 fully saturated rings. The van der Waals surface area contributed by atoms with E-state index in [9.17, 15) is 9.65 Å². The predicted octanol–water partition coefficient (Wildman–Crippen LogP) is 14.7. The lowest BCUT2D eigenvalue weighted by Gasteiger charge is -2.27. The molecular formula is C61H61Br2ClFN13. The van der Waals surface area contributed by atoms with Crippen LogP contribution in [0.25, 0.3) is 28.2 Å². The van der Waals surface area contributed by atoms with Gasteiger partial charge < -0.3 is 15.1 Å². The van der Waals surface area contributed by atoms with E-state index in [1.165, 1.54) is 88.4 Å². The number of hydrogen-bond donors (Lipinski definition) is 1. The summed E-state index contributed by atoms with van der Waals surface area (Å²) >= 11 is 12.5. The van der Waals surface area contributed by atoms with Crippen molar-refractivity contribution in [2.75, 3.05) is 29.4 Å². The van der Waals surface area contributed by atoms with Crippen molar-refractivity contribution in [3.05, 3.63) is 204 Å². The summed E-state index contributed by atoms with van der Waals surface area (Å²) in [7, 11) is 0. The number of fused-ring (bicyclic) bond motifs is 3. The Morgan fingerprint density at radius 3 is 1.62 bits per heavy atom. The molecule has 3 saturated heterocycles. The maximum Gasteiger partial charge on any atom is 0.154 e. The Labute approximate surface area is 476 Å². The van der Waals surface area contributed by atoms with Gasteiger partial charge in [-0.3, -0.25) is 0 Å². The summed E-state index contributed by atoms with van der Waals surface area (Å²) in [6.07, 6.45) is 12.4. The fourth-order valence-corrected chi connectivity index (χ4v) is 11.7. The van der Waals surface area contributed by atoms with Gasteiger partial charge in [-0.15, -0.1) is 10.2 Å². The van der Waals surface area contributed by atoms with E-state index in [-0.39, 0.29) is 11.6 Å². The molecular weight excluding hydrogens is 1130 g/mol. The number of nitrogens with one attached hydrogen (secondary N) is 1. The van der Waals surface area contributed by atoms with Crippen molar-refractivity contribution < 1.29 is 4.39 Å². The number of halogens is 4. The van der Waals surface area contributed by atoms with E-state index in [0.717, 1.165) is 63.8 Å². The van der Waals surface area contributed by atoms with Gasteiger partial charge in [0.1, 0.15) is 37.9 Å². The lowest BCUT2D eigenvalue weighted by atomic mass is 9.97. The summed E-state index contributed by atoms with van der Waals surface area (Å²) in [5, 5.41) is 26.9. The molecule has 0 aliphatic carbocycles. The molecule has 3 atom stereocenters. The summed E-state index contributed by atoms with van der Waals surface area (Å²) in [5.74, 6) is 1.37. The molecule has 3 aliphatic heterocycles. The Balaban J connectivity index is 0.000000127. The van der Waals surface area contributed by atoms with Gasteiger partial charge in [0.15, 0.2) is 16.9 Å². The van der Waals surface area contributed by atoms with E-state index in [1.807, 2.05) is 28.8 Å². The van der Waals surface area contributed by atoms with E-state index in [2.05, 4.69) is 169 Å². The molecule has 0 spiro atoms. The van der Waals surface area contributed by atoms with Crippen LogP contribution in [-0.2, 0) is 0 Å². The molecule has 0 radical (unpaired) electrons. The topological polar surface area (TPSA) is 133 Å². The zero-order valence-corrected chi connectivity index (χ0v) is 48.5. The van der Waals surface area contributed by atoms with Crippen molar-refractivity contribution in [3.63, 3.8) is 0 Å². The first-order valence-corrected chi connectivity index (χ1v) is 28.4. The Bertz CT molecular complexity index is 3820. The van der Waals surface area contributed by atoms with E-state index < -0.39 is 5.82 Å². The van der Waals surface area contributed by atoms with Gasteiger partial charge >= 0.3 is 0 Å². The van der Waals surface area contributed by atoms with Crippen LogP contribution in [0.2, 0.25) is 5.15 Å². The number of nitrogens with zero attached hydrogens (tertiary/aromatic N) is 12. The Hall–Kier alpha value is -7.03. The zero-order chi connectivity index (χ0) is 54.6. The minimum atomic E-state index is -0.526. The Morgan fingerprint density at radius 1 is 0.564 bits per heavy atom. The summed E-state index contributed by atoms with van der Waals surface area (Å²) < 4.78 is 20.7. The quantitative estimate of drug-likeness (QED) is 0.172. The molecule has 9 heterocycles. The number of nitriles is 1. The molecule has 13 nitrogen and oxygen atoms in total. The van der Waals surface area contributed by atoms with Gasteiger partial charge in [0.25, 0.3) is 0 Å². The van der Waals surface area contributed by atoms with Gasteiger partial charge in [-0.05, 0) is 206 Å². The third-order valence-electron chi connectivity index (χ3n) is 14.9. The first-order chi connectivity index (χ1) is 37.7. The number of anilines is 2. The molecule has 6 aromatic heterocycles. The molecule has 4 aromatic carbocycles. The van der Waals surface area contributed by atoms with E-state index >= 15 is 0 Å². The second kappa shape index (κ2) is 23.9. The van der Waals surface area contributed by atoms with E-state index in [0.29, 0.717) is 28.4 Å². The largest absolute Gasteiger partial charge is 0.348 e. The van der Waals surface area contributed by atoms with Crippen LogP contribution in [0.4, 0.5) is 16.0 Å². The van der Waals surface area contributed by atoms with Crippen molar-refractivity contribution in [2.24, 2.45) is 0 Å². The Morgan fingerprint density at radius 2 is 1.06 bits per heavy atom. The highest BCUT2D eigenvalue weighted by molar-refractivity contribution is 9.10. The minimum Gasteiger partial charge on any atom is -0.348 e. The molecule has 78 heavy (non-hydrogen) atoms. The lowest BCUT2D eigenvalue weighted by Crippen LogP contribution is -2.25. The lowest BCUT2D eigenvalue weighted by molar-refractivity contribution is 0.624. The van der Waals surface area contributed by atoms with Crippen molar-refractivity contribution in [2.45, 2.75) is 98.2 Å². The SMILES string of the molecule is Cc1ccc(C)c(C2CCCN2)c1.Cc1ccc(C)c(C2CCCN2c2ccc3ncc(-c4ccc(F)c(C#N)c4)n3n2)c1.Cc1ccc(C)c(C2CCCN2c2ccc3ncc(Br)n3n2)c1.Clc1ccc2ncc(Br)n2n1. The standard InChI is InChI=1S/C25H22FN5.C18H19BrN4.C12H17N.C6H3BrClN3/c1-16-5-6-17(2)20(12-16)22-4-3-11-30(22)25-10-9-24-28-15-23(31(24)29-25)18-7-8-21(26)19(13-18)14-27;1-12-5-6-13(2)14(10-12)15-4-3-9-22(15)18-8-7-17-20-11-16(19)23(17)21-18;1-9-5-6-10(2)11(8-9)12-4-3-7-13-12;7-4-3-9-6-2-1-5(8)10-11(4)6/h5-10,12-13,15,22H,3-4,11H2,1-2H3;5-8,10-11,15H,3-4,9H2,1-2H3;5-6,8,12-13H,3-4,7H2,1-2H3;1-3H. The van der Waals surface area contributed by atoms with Gasteiger partial charge in [-0.25, -0.2) is 32.9 Å². The molecule has 0 bridgehead atoms. The van der Waals surface area contributed by atoms with Crippen LogP contribution < -0.4 is 15.1 Å². The normalized spacial score (nSPS) is 16.9. The van der Waals surface area contributed by atoms with Crippen LogP contribution >= 0.6 is 43.5 Å². The molecule has 13 rings (SSSR count). The van der Waals surface area contributed by atoms with Crippen LogP contribution in [0.5, 0.6) is 0 Å². The fourth-order valence-electron chi connectivity index (χ4n) is 10.8. The smallest absolute Gasteiger partial charge is 0.154 e. The van der Waals surface area contributed by atoms with Crippen molar-refractivity contribution in [1.82, 2.24) is 49.1 Å². The maximum atomic E-state index is 13.8. The monoisotopic (exact) mass is 1190 g/mol. The Kier molecular flexibility index (Phi) is 16.7. The third kappa shape index (κ3) is 11.9. The molecule has 3 unspecified atom stereocenters. The first kappa shape index (κ1) is 54.3. The third-order valence-corrected chi connectivity index (χ3v) is 16.2. The van der Waals surface area contributed by atoms with Crippen LogP contribution in [0.15, 0.2) is 137 Å². The number of benzene rings is 4. The summed E-state index contributed by atoms with van der Waals surface area (Å²) in [6, 6.07) is 39.4. The predicted molar refractivity (Wildman–Crippen MR) is 316 cm³/mol. The molecule has 0 amide bonds. The maximum absolute atomic E-state index is 13.8. The average Bonchev–Trinajstić information content (AvgIpc) is 4.39. The van der Waals surface area contributed by atoms with Gasteiger partial charge in [0.2, 0.25) is 0 Å². The average molecular weight is 1190 g/mol. The molecule has 1 N–H and O–H groups in total. The van der Waals surface area contributed by atoms with Crippen LogP contribution in [0, 0.1) is 58.7 Å². The first-order valence-electron chi connectivity index (χ1n) is 26.4. The van der Waals surface area contributed by atoms with Crippen LogP contribution in [0.1, 0.15) is 112 Å². The number of hydrogen-bond acceptors (Lipinski definition) is 10. The van der Waals surface area contributed by atoms with Crippen LogP contribution in [0.3, 0.4) is 0 Å². The second-order valence-corrected chi connectivity index (χ2v) is 22.4. The van der Waals surface area contributed by atoms with Gasteiger partial charge in [0, 0.05) is 24.7 Å². The molecule has 398 valence electrons. The molecule has 10 aromatic rings. The van der Waals surface area contributed by atoms with Crippen molar-refractivity contribution >= 4 is 72.0 Å². The summed E-state index contributed by atoms with van der Waals surface area (Å²) in [5.41, 5.74) is 16.1. The van der Waals surface area contributed by atoms with Crippen molar-refractivity contribution in [1.29, 1.82) is 5.26 Å². The second-order valence-electron chi connectivity index (χ2n) is 20.4. The molecule has 3 aliphatic rings. The highest BCUT2D eigenvalue weighted by atomic mass is 79.9. The highest BCUT2D eigenvalue weighted by Gasteiger charge is 2.30.